The minimum Gasteiger partial charge on any atom is -0.491 e. The van der Waals surface area contributed by atoms with Gasteiger partial charge in [0.25, 0.3) is 5.56 Å². The summed E-state index contributed by atoms with van der Waals surface area (Å²) in [6.07, 6.45) is 1.09. The maximum absolute atomic E-state index is 12.2. The predicted octanol–water partition coefficient (Wildman–Crippen LogP) is 4.20. The highest BCUT2D eigenvalue weighted by Gasteiger charge is 2.06. The molecule has 0 aliphatic heterocycles. The number of carbonyl (C=O) groups excluding carboxylic acids is 1. The van der Waals surface area contributed by atoms with Crippen LogP contribution in [-0.2, 0) is 11.2 Å². The van der Waals surface area contributed by atoms with Gasteiger partial charge in [-0.2, -0.15) is 0 Å². The number of fused-ring (bicyclic) bond motifs is 1. The second-order valence-corrected chi connectivity index (χ2v) is 6.94. The van der Waals surface area contributed by atoms with Crippen LogP contribution in [0.4, 0.5) is 5.69 Å². The van der Waals surface area contributed by atoms with Crippen LogP contribution in [0, 0.1) is 6.92 Å². The Morgan fingerprint density at radius 3 is 2.56 bits per heavy atom. The van der Waals surface area contributed by atoms with Crippen molar-refractivity contribution in [3.05, 3.63) is 70.0 Å². The molecule has 5 nitrogen and oxygen atoms in total. The van der Waals surface area contributed by atoms with Crippen LogP contribution >= 0.6 is 0 Å². The molecule has 0 saturated heterocycles. The van der Waals surface area contributed by atoms with Gasteiger partial charge < -0.3 is 15.0 Å². The molecule has 5 heteroatoms. The van der Waals surface area contributed by atoms with Gasteiger partial charge in [-0.1, -0.05) is 12.1 Å². The molecule has 1 heterocycles. The molecule has 0 radical (unpaired) electrons. The van der Waals surface area contributed by atoms with Gasteiger partial charge in [0, 0.05) is 23.2 Å². The third kappa shape index (κ3) is 4.97. The first-order valence-corrected chi connectivity index (χ1v) is 9.10. The molecule has 140 valence electrons. The van der Waals surface area contributed by atoms with Crippen LogP contribution in [0.2, 0.25) is 0 Å². The molecule has 3 aromatic rings. The number of pyridine rings is 1. The van der Waals surface area contributed by atoms with E-state index < -0.39 is 0 Å². The third-order valence-corrected chi connectivity index (χ3v) is 4.25. The van der Waals surface area contributed by atoms with E-state index in [0.29, 0.717) is 18.4 Å². The Morgan fingerprint density at radius 1 is 1.11 bits per heavy atom. The van der Waals surface area contributed by atoms with Crippen LogP contribution in [0.1, 0.15) is 31.4 Å². The highest BCUT2D eigenvalue weighted by atomic mass is 16.5. The van der Waals surface area contributed by atoms with E-state index in [2.05, 4.69) is 10.3 Å². The molecule has 2 aromatic carbocycles. The fourth-order valence-corrected chi connectivity index (χ4v) is 2.88. The zero-order chi connectivity index (χ0) is 19.4. The lowest BCUT2D eigenvalue weighted by molar-refractivity contribution is -0.116. The number of aromatic nitrogens is 1. The molecule has 0 aliphatic rings. The molecule has 2 N–H and O–H groups in total. The molecule has 0 unspecified atom stereocenters. The fourth-order valence-electron chi connectivity index (χ4n) is 2.88. The number of amides is 1. The van der Waals surface area contributed by atoms with Gasteiger partial charge in [-0.15, -0.1) is 0 Å². The average Bonchev–Trinajstić information content (AvgIpc) is 2.62. The lowest BCUT2D eigenvalue weighted by Crippen LogP contribution is -2.12. The molecule has 0 atom stereocenters. The van der Waals surface area contributed by atoms with E-state index in [1.165, 1.54) is 0 Å². The summed E-state index contributed by atoms with van der Waals surface area (Å²) in [5, 5.41) is 3.88. The number of aryl methyl sites for hydroxylation is 2. The number of benzene rings is 2. The fraction of sp³-hybridized carbons (Fsp3) is 0.273. The highest BCUT2D eigenvalue weighted by Crippen LogP contribution is 2.18. The minimum atomic E-state index is -0.0812. The van der Waals surface area contributed by atoms with E-state index in [0.717, 1.165) is 27.9 Å². The summed E-state index contributed by atoms with van der Waals surface area (Å²) >= 11 is 0. The number of nitrogens with one attached hydrogen (secondary N) is 2. The van der Waals surface area contributed by atoms with Crippen molar-refractivity contribution in [3.8, 4) is 5.75 Å². The largest absolute Gasteiger partial charge is 0.491 e. The number of carbonyl (C=O) groups is 1. The van der Waals surface area contributed by atoms with Gasteiger partial charge >= 0.3 is 0 Å². The normalized spacial score (nSPS) is 11.0. The summed E-state index contributed by atoms with van der Waals surface area (Å²) < 4.78 is 5.59. The first-order valence-electron chi connectivity index (χ1n) is 9.10. The zero-order valence-electron chi connectivity index (χ0n) is 15.8. The second-order valence-electron chi connectivity index (χ2n) is 6.94. The van der Waals surface area contributed by atoms with Gasteiger partial charge in [-0.25, -0.2) is 0 Å². The Kier molecular flexibility index (Phi) is 5.60. The Labute approximate surface area is 158 Å². The van der Waals surface area contributed by atoms with E-state index >= 15 is 0 Å². The summed E-state index contributed by atoms with van der Waals surface area (Å²) in [6, 6.07) is 15.1. The topological polar surface area (TPSA) is 71.2 Å². The van der Waals surface area contributed by atoms with Gasteiger partial charge in [0.2, 0.25) is 5.91 Å². The van der Waals surface area contributed by atoms with Crippen molar-refractivity contribution in [2.45, 2.75) is 39.7 Å². The van der Waals surface area contributed by atoms with Gasteiger partial charge in [0.1, 0.15) is 5.75 Å². The summed E-state index contributed by atoms with van der Waals surface area (Å²) in [7, 11) is 0. The molecule has 0 spiro atoms. The Morgan fingerprint density at radius 2 is 1.85 bits per heavy atom. The Balaban J connectivity index is 1.59. The van der Waals surface area contributed by atoms with E-state index in [4.69, 9.17) is 4.74 Å². The molecule has 0 bridgehead atoms. The van der Waals surface area contributed by atoms with E-state index in [1.54, 1.807) is 6.92 Å². The molecule has 0 saturated carbocycles. The van der Waals surface area contributed by atoms with Crippen LogP contribution in [-0.4, -0.2) is 17.0 Å². The molecular weight excluding hydrogens is 340 g/mol. The van der Waals surface area contributed by atoms with Crippen LogP contribution in [0.3, 0.4) is 0 Å². The average molecular weight is 364 g/mol. The molecule has 0 fully saturated rings. The van der Waals surface area contributed by atoms with Crippen molar-refractivity contribution < 1.29 is 9.53 Å². The number of rotatable bonds is 6. The SMILES string of the molecule is Cc1cc2ccc(CCC(=O)Nc3ccc(OC(C)C)cc3)cc2[nH]c1=O. The highest BCUT2D eigenvalue weighted by molar-refractivity contribution is 5.91. The van der Waals surface area contributed by atoms with Gasteiger partial charge in [-0.05, 0) is 74.5 Å². The molecule has 1 aromatic heterocycles. The van der Waals surface area contributed by atoms with Crippen molar-refractivity contribution in [2.75, 3.05) is 5.32 Å². The van der Waals surface area contributed by atoms with E-state index in [9.17, 15) is 9.59 Å². The van der Waals surface area contributed by atoms with Crippen molar-refractivity contribution in [1.29, 1.82) is 0 Å². The number of anilines is 1. The van der Waals surface area contributed by atoms with Crippen LogP contribution in [0.25, 0.3) is 10.9 Å². The van der Waals surface area contributed by atoms with Gasteiger partial charge in [0.05, 0.1) is 6.10 Å². The second kappa shape index (κ2) is 8.08. The maximum Gasteiger partial charge on any atom is 0.251 e. The molecule has 0 aliphatic carbocycles. The van der Waals surface area contributed by atoms with Crippen LogP contribution in [0.5, 0.6) is 5.75 Å². The smallest absolute Gasteiger partial charge is 0.251 e. The van der Waals surface area contributed by atoms with E-state index in [-0.39, 0.29) is 17.6 Å². The lowest BCUT2D eigenvalue weighted by Gasteiger charge is -2.11. The summed E-state index contributed by atoms with van der Waals surface area (Å²) in [4.78, 5) is 26.9. The minimum absolute atomic E-state index is 0.0509. The number of hydrogen-bond donors (Lipinski definition) is 2. The predicted molar refractivity (Wildman–Crippen MR) is 108 cm³/mol. The summed E-state index contributed by atoms with van der Waals surface area (Å²) in [6.45, 7) is 5.73. The molecule has 27 heavy (non-hydrogen) atoms. The zero-order valence-corrected chi connectivity index (χ0v) is 15.8. The first-order chi connectivity index (χ1) is 12.9. The number of H-pyrrole nitrogens is 1. The number of ether oxygens (including phenoxy) is 1. The van der Waals surface area contributed by atoms with Crippen molar-refractivity contribution in [2.24, 2.45) is 0 Å². The third-order valence-electron chi connectivity index (χ3n) is 4.25. The Bertz CT molecular complexity index is 1000. The number of hydrogen-bond acceptors (Lipinski definition) is 3. The molecular formula is C22H24N2O3. The summed E-state index contributed by atoms with van der Waals surface area (Å²) in [5.41, 5.74) is 3.17. The van der Waals surface area contributed by atoms with Crippen molar-refractivity contribution in [1.82, 2.24) is 4.98 Å². The van der Waals surface area contributed by atoms with Crippen LogP contribution in [0.15, 0.2) is 53.3 Å². The molecule has 3 rings (SSSR count). The summed E-state index contributed by atoms with van der Waals surface area (Å²) in [5.74, 6) is 0.730. The standard InChI is InChI=1S/C22H24N2O3/c1-14(2)27-19-9-7-18(8-10-19)23-21(25)11-5-16-4-6-17-12-15(3)22(26)24-20(17)13-16/h4,6-10,12-14H,5,11H2,1-3H3,(H,23,25)(H,24,26). The maximum atomic E-state index is 12.2. The molecule has 1 amide bonds. The Hall–Kier alpha value is -3.08. The van der Waals surface area contributed by atoms with Gasteiger partial charge in [-0.3, -0.25) is 9.59 Å². The van der Waals surface area contributed by atoms with E-state index in [1.807, 2.05) is 62.4 Å². The quantitative estimate of drug-likeness (QED) is 0.689. The van der Waals surface area contributed by atoms with Gasteiger partial charge in [0.15, 0.2) is 0 Å². The number of aromatic amines is 1. The van der Waals surface area contributed by atoms with Crippen molar-refractivity contribution >= 4 is 22.5 Å². The monoisotopic (exact) mass is 364 g/mol. The lowest BCUT2D eigenvalue weighted by atomic mass is 10.1. The van der Waals surface area contributed by atoms with Crippen LogP contribution < -0.4 is 15.6 Å². The first kappa shape index (κ1) is 18.7. The van der Waals surface area contributed by atoms with Crippen molar-refractivity contribution in [3.63, 3.8) is 0 Å².